The van der Waals surface area contributed by atoms with Crippen LogP contribution >= 0.6 is 0 Å². The first kappa shape index (κ1) is 10.0. The zero-order chi connectivity index (χ0) is 8.81. The molecule has 0 bridgehead atoms. The van der Waals surface area contributed by atoms with Crippen molar-refractivity contribution in [2.45, 2.75) is 63.6 Å². The molecular weight excluding hydrogens is 152 g/mol. The van der Waals surface area contributed by atoms with Gasteiger partial charge in [-0.3, -0.25) is 0 Å². The van der Waals surface area contributed by atoms with Crippen LogP contribution in [0, 0.1) is 0 Å². The highest BCUT2D eigenvalue weighted by atomic mass is 16.3. The second-order valence-electron chi connectivity index (χ2n) is 3.83. The van der Waals surface area contributed by atoms with Gasteiger partial charge >= 0.3 is 0 Å². The van der Waals surface area contributed by atoms with E-state index in [9.17, 15) is 10.2 Å². The second kappa shape index (κ2) is 5.55. The minimum absolute atomic E-state index is 0.469. The molecule has 2 heteroatoms. The minimum atomic E-state index is -0.469. The number of aliphatic hydroxyl groups is 2. The standard InChI is InChI=1S/C10H20O2/c11-9-7-5-3-1-2-4-6-8-10(9)12/h9-12H,1-8H2/t9-,10-/m1/s1. The molecule has 0 unspecified atom stereocenters. The Morgan fingerprint density at radius 3 is 1.33 bits per heavy atom. The molecule has 0 aliphatic heterocycles. The molecular formula is C10H20O2. The van der Waals surface area contributed by atoms with E-state index in [-0.39, 0.29) is 0 Å². The first-order valence-electron chi connectivity index (χ1n) is 5.17. The lowest BCUT2D eigenvalue weighted by Crippen LogP contribution is -2.25. The summed E-state index contributed by atoms with van der Waals surface area (Å²) in [6.07, 6.45) is 7.77. The predicted molar refractivity (Wildman–Crippen MR) is 48.9 cm³/mol. The Hall–Kier alpha value is -0.0800. The largest absolute Gasteiger partial charge is 0.390 e. The monoisotopic (exact) mass is 172 g/mol. The minimum Gasteiger partial charge on any atom is -0.390 e. The van der Waals surface area contributed by atoms with E-state index in [0.29, 0.717) is 0 Å². The highest BCUT2D eigenvalue weighted by Crippen LogP contribution is 2.17. The molecule has 1 aliphatic carbocycles. The topological polar surface area (TPSA) is 40.5 Å². The summed E-state index contributed by atoms with van der Waals surface area (Å²) in [7, 11) is 0. The Balaban J connectivity index is 2.26. The average Bonchev–Trinajstić information content (AvgIpc) is 2.08. The van der Waals surface area contributed by atoms with Gasteiger partial charge in [0, 0.05) is 0 Å². The van der Waals surface area contributed by atoms with E-state index in [4.69, 9.17) is 0 Å². The summed E-state index contributed by atoms with van der Waals surface area (Å²) >= 11 is 0. The van der Waals surface area contributed by atoms with Crippen molar-refractivity contribution in [1.29, 1.82) is 0 Å². The maximum absolute atomic E-state index is 9.45. The lowest BCUT2D eigenvalue weighted by Gasteiger charge is -2.18. The van der Waals surface area contributed by atoms with Crippen molar-refractivity contribution in [2.75, 3.05) is 0 Å². The van der Waals surface area contributed by atoms with E-state index in [1.54, 1.807) is 0 Å². The van der Waals surface area contributed by atoms with E-state index in [2.05, 4.69) is 0 Å². The van der Waals surface area contributed by atoms with E-state index in [1.165, 1.54) is 25.7 Å². The smallest absolute Gasteiger partial charge is 0.0799 e. The Bertz CT molecular complexity index is 100. The molecule has 2 N–H and O–H groups in total. The molecule has 0 spiro atoms. The molecule has 0 heterocycles. The molecule has 1 aliphatic rings. The van der Waals surface area contributed by atoms with Crippen molar-refractivity contribution < 1.29 is 10.2 Å². The average molecular weight is 172 g/mol. The van der Waals surface area contributed by atoms with E-state index < -0.39 is 12.2 Å². The third-order valence-corrected chi connectivity index (χ3v) is 2.69. The van der Waals surface area contributed by atoms with Gasteiger partial charge in [-0.15, -0.1) is 0 Å². The number of hydrogen-bond donors (Lipinski definition) is 2. The zero-order valence-corrected chi connectivity index (χ0v) is 7.71. The van der Waals surface area contributed by atoms with Crippen molar-refractivity contribution in [1.82, 2.24) is 0 Å². The molecule has 0 amide bonds. The van der Waals surface area contributed by atoms with Crippen LogP contribution in [-0.4, -0.2) is 22.4 Å². The molecule has 1 saturated carbocycles. The summed E-state index contributed by atoms with van der Waals surface area (Å²) in [5, 5.41) is 18.9. The maximum Gasteiger partial charge on any atom is 0.0799 e. The lowest BCUT2D eigenvalue weighted by molar-refractivity contribution is 0.00608. The van der Waals surface area contributed by atoms with Gasteiger partial charge in [-0.25, -0.2) is 0 Å². The molecule has 1 fully saturated rings. The lowest BCUT2D eigenvalue weighted by atomic mass is 9.97. The highest BCUT2D eigenvalue weighted by molar-refractivity contribution is 4.68. The molecule has 0 radical (unpaired) electrons. The van der Waals surface area contributed by atoms with Crippen LogP contribution in [-0.2, 0) is 0 Å². The van der Waals surface area contributed by atoms with Crippen LogP contribution < -0.4 is 0 Å². The van der Waals surface area contributed by atoms with Gasteiger partial charge in [0.05, 0.1) is 12.2 Å². The fourth-order valence-electron chi connectivity index (χ4n) is 1.80. The Labute approximate surface area is 74.6 Å². The van der Waals surface area contributed by atoms with Crippen LogP contribution in [0.25, 0.3) is 0 Å². The van der Waals surface area contributed by atoms with Crippen molar-refractivity contribution >= 4 is 0 Å². The van der Waals surface area contributed by atoms with Gasteiger partial charge in [0.15, 0.2) is 0 Å². The van der Waals surface area contributed by atoms with Gasteiger partial charge < -0.3 is 10.2 Å². The summed E-state index contributed by atoms with van der Waals surface area (Å²) in [5.74, 6) is 0. The third kappa shape index (κ3) is 3.55. The van der Waals surface area contributed by atoms with Gasteiger partial charge in [-0.05, 0) is 12.8 Å². The van der Waals surface area contributed by atoms with Crippen LogP contribution in [0.1, 0.15) is 51.4 Å². The van der Waals surface area contributed by atoms with Gasteiger partial charge in [-0.2, -0.15) is 0 Å². The Kier molecular flexibility index (Phi) is 4.62. The normalized spacial score (nSPS) is 34.5. The van der Waals surface area contributed by atoms with Crippen LogP contribution in [0.4, 0.5) is 0 Å². The van der Waals surface area contributed by atoms with Gasteiger partial charge in [0.25, 0.3) is 0 Å². The highest BCUT2D eigenvalue weighted by Gasteiger charge is 2.15. The molecule has 2 nitrogen and oxygen atoms in total. The maximum atomic E-state index is 9.45. The summed E-state index contributed by atoms with van der Waals surface area (Å²) in [6.45, 7) is 0. The molecule has 0 aromatic carbocycles. The van der Waals surface area contributed by atoms with Crippen molar-refractivity contribution in [3.63, 3.8) is 0 Å². The van der Waals surface area contributed by atoms with E-state index >= 15 is 0 Å². The van der Waals surface area contributed by atoms with Crippen molar-refractivity contribution in [2.24, 2.45) is 0 Å². The first-order chi connectivity index (χ1) is 5.80. The van der Waals surface area contributed by atoms with Crippen LogP contribution in [0.3, 0.4) is 0 Å². The summed E-state index contributed by atoms with van der Waals surface area (Å²) in [5.41, 5.74) is 0. The van der Waals surface area contributed by atoms with Gasteiger partial charge in [-0.1, -0.05) is 38.5 Å². The van der Waals surface area contributed by atoms with Gasteiger partial charge in [0.2, 0.25) is 0 Å². The predicted octanol–water partition coefficient (Wildman–Crippen LogP) is 1.84. The summed E-state index contributed by atoms with van der Waals surface area (Å²) < 4.78 is 0. The SMILES string of the molecule is O[C@@H]1CCCCCCCC[C@H]1O. The van der Waals surface area contributed by atoms with Crippen molar-refractivity contribution in [3.05, 3.63) is 0 Å². The van der Waals surface area contributed by atoms with E-state index in [1.807, 2.05) is 0 Å². The Morgan fingerprint density at radius 2 is 0.917 bits per heavy atom. The number of aliphatic hydroxyl groups excluding tert-OH is 2. The Morgan fingerprint density at radius 1 is 0.583 bits per heavy atom. The third-order valence-electron chi connectivity index (χ3n) is 2.69. The quantitative estimate of drug-likeness (QED) is 0.585. The first-order valence-corrected chi connectivity index (χ1v) is 5.17. The molecule has 12 heavy (non-hydrogen) atoms. The number of rotatable bonds is 0. The number of hydrogen-bond acceptors (Lipinski definition) is 2. The molecule has 72 valence electrons. The van der Waals surface area contributed by atoms with Crippen LogP contribution in [0.5, 0.6) is 0 Å². The summed E-state index contributed by atoms with van der Waals surface area (Å²) in [6, 6.07) is 0. The molecule has 0 aromatic heterocycles. The van der Waals surface area contributed by atoms with Crippen LogP contribution in [0.15, 0.2) is 0 Å². The fraction of sp³-hybridized carbons (Fsp3) is 1.00. The molecule has 0 aromatic rings. The second-order valence-corrected chi connectivity index (χ2v) is 3.83. The molecule has 2 atom stereocenters. The van der Waals surface area contributed by atoms with Crippen LogP contribution in [0.2, 0.25) is 0 Å². The summed E-state index contributed by atoms with van der Waals surface area (Å²) in [4.78, 5) is 0. The van der Waals surface area contributed by atoms with Crippen molar-refractivity contribution in [3.8, 4) is 0 Å². The zero-order valence-electron chi connectivity index (χ0n) is 7.71. The van der Waals surface area contributed by atoms with E-state index in [0.717, 1.165) is 25.7 Å². The molecule has 0 saturated heterocycles. The fourth-order valence-corrected chi connectivity index (χ4v) is 1.80. The van der Waals surface area contributed by atoms with Gasteiger partial charge in [0.1, 0.15) is 0 Å². The molecule has 1 rings (SSSR count).